The fourth-order valence-corrected chi connectivity index (χ4v) is 2.05. The predicted molar refractivity (Wildman–Crippen MR) is 51.7 cm³/mol. The standard InChI is InChI=1S/C9H15NOS/c1-3-4-9-8(5-6-11-2)10-7-12-9/h7H,3-6H2,1-2H3. The molecule has 0 spiro atoms. The van der Waals surface area contributed by atoms with Gasteiger partial charge < -0.3 is 4.74 Å². The maximum absolute atomic E-state index is 5.01. The number of aryl methyl sites for hydroxylation is 1. The summed E-state index contributed by atoms with van der Waals surface area (Å²) in [5.41, 5.74) is 3.15. The third-order valence-corrected chi connectivity index (χ3v) is 2.68. The van der Waals surface area contributed by atoms with E-state index >= 15 is 0 Å². The van der Waals surface area contributed by atoms with Crippen molar-refractivity contribution >= 4 is 11.3 Å². The second-order valence-electron chi connectivity index (χ2n) is 2.72. The van der Waals surface area contributed by atoms with Gasteiger partial charge in [0, 0.05) is 18.4 Å². The molecule has 2 nitrogen and oxygen atoms in total. The highest BCUT2D eigenvalue weighted by Gasteiger charge is 2.03. The largest absolute Gasteiger partial charge is 0.384 e. The maximum atomic E-state index is 5.01. The topological polar surface area (TPSA) is 22.1 Å². The van der Waals surface area contributed by atoms with Gasteiger partial charge in [0.2, 0.25) is 0 Å². The minimum absolute atomic E-state index is 0.778. The lowest BCUT2D eigenvalue weighted by Crippen LogP contribution is -1.97. The molecule has 0 aromatic carbocycles. The first kappa shape index (κ1) is 9.68. The number of aromatic nitrogens is 1. The molecule has 1 heterocycles. The van der Waals surface area contributed by atoms with Gasteiger partial charge in [-0.25, -0.2) is 4.98 Å². The fourth-order valence-electron chi connectivity index (χ4n) is 1.13. The quantitative estimate of drug-likeness (QED) is 0.702. The van der Waals surface area contributed by atoms with Gasteiger partial charge in [0.1, 0.15) is 0 Å². The summed E-state index contributed by atoms with van der Waals surface area (Å²) in [5.74, 6) is 0. The van der Waals surface area contributed by atoms with Gasteiger partial charge >= 0.3 is 0 Å². The summed E-state index contributed by atoms with van der Waals surface area (Å²) >= 11 is 1.76. The van der Waals surface area contributed by atoms with E-state index in [1.807, 2.05) is 5.51 Å². The molecule has 0 bridgehead atoms. The first-order valence-corrected chi connectivity index (χ1v) is 5.16. The molecule has 0 aliphatic rings. The summed E-state index contributed by atoms with van der Waals surface area (Å²) in [6, 6.07) is 0. The zero-order valence-corrected chi connectivity index (χ0v) is 8.49. The van der Waals surface area contributed by atoms with E-state index in [2.05, 4.69) is 11.9 Å². The Bertz CT molecular complexity index is 222. The van der Waals surface area contributed by atoms with E-state index in [0.717, 1.165) is 19.4 Å². The van der Waals surface area contributed by atoms with Gasteiger partial charge in [0.05, 0.1) is 17.8 Å². The van der Waals surface area contributed by atoms with E-state index in [0.29, 0.717) is 0 Å². The van der Waals surface area contributed by atoms with Gasteiger partial charge in [-0.1, -0.05) is 13.3 Å². The summed E-state index contributed by atoms with van der Waals surface area (Å²) in [6.45, 7) is 2.97. The number of hydrogen-bond donors (Lipinski definition) is 0. The van der Waals surface area contributed by atoms with E-state index in [1.165, 1.54) is 17.0 Å². The van der Waals surface area contributed by atoms with E-state index in [9.17, 15) is 0 Å². The molecule has 1 aromatic rings. The van der Waals surface area contributed by atoms with Crippen LogP contribution in [0.15, 0.2) is 5.51 Å². The Morgan fingerprint density at radius 3 is 3.00 bits per heavy atom. The lowest BCUT2D eigenvalue weighted by molar-refractivity contribution is 0.201. The second-order valence-corrected chi connectivity index (χ2v) is 3.65. The monoisotopic (exact) mass is 185 g/mol. The fraction of sp³-hybridized carbons (Fsp3) is 0.667. The molecule has 1 aromatic heterocycles. The highest BCUT2D eigenvalue weighted by atomic mass is 32.1. The number of thiazole rings is 1. The Hall–Kier alpha value is -0.410. The normalized spacial score (nSPS) is 10.5. The van der Waals surface area contributed by atoms with Crippen LogP contribution in [-0.4, -0.2) is 18.7 Å². The molecule has 0 fully saturated rings. The van der Waals surface area contributed by atoms with Crippen LogP contribution in [0.3, 0.4) is 0 Å². The van der Waals surface area contributed by atoms with Gasteiger partial charge in [-0.2, -0.15) is 0 Å². The molecule has 0 N–H and O–H groups in total. The zero-order chi connectivity index (χ0) is 8.81. The van der Waals surface area contributed by atoms with Crippen molar-refractivity contribution in [3.8, 4) is 0 Å². The SMILES string of the molecule is CCCc1scnc1CCOC. The van der Waals surface area contributed by atoms with Crippen molar-refractivity contribution in [1.82, 2.24) is 4.98 Å². The van der Waals surface area contributed by atoms with Crippen molar-refractivity contribution in [3.63, 3.8) is 0 Å². The summed E-state index contributed by atoms with van der Waals surface area (Å²) in [7, 11) is 1.73. The Balaban J connectivity index is 2.51. The Kier molecular flexibility index (Phi) is 4.25. The van der Waals surface area contributed by atoms with E-state index in [4.69, 9.17) is 4.74 Å². The summed E-state index contributed by atoms with van der Waals surface area (Å²) < 4.78 is 5.01. The molecule has 0 saturated carbocycles. The number of methoxy groups -OCH3 is 1. The van der Waals surface area contributed by atoms with Crippen molar-refractivity contribution < 1.29 is 4.74 Å². The van der Waals surface area contributed by atoms with Crippen LogP contribution in [0, 0.1) is 0 Å². The van der Waals surface area contributed by atoms with Gasteiger partial charge in [0.25, 0.3) is 0 Å². The molecule has 0 radical (unpaired) electrons. The molecule has 0 amide bonds. The predicted octanol–water partition coefficient (Wildman–Crippen LogP) is 2.28. The summed E-state index contributed by atoms with van der Waals surface area (Å²) in [4.78, 5) is 5.74. The summed E-state index contributed by atoms with van der Waals surface area (Å²) in [6.07, 6.45) is 3.31. The molecular weight excluding hydrogens is 170 g/mol. The van der Waals surface area contributed by atoms with Gasteiger partial charge in [0.15, 0.2) is 0 Å². The minimum Gasteiger partial charge on any atom is -0.384 e. The number of hydrogen-bond acceptors (Lipinski definition) is 3. The van der Waals surface area contributed by atoms with Crippen LogP contribution in [0.5, 0.6) is 0 Å². The molecule has 0 unspecified atom stereocenters. The molecule has 1 rings (SSSR count). The molecule has 0 aliphatic carbocycles. The molecule has 3 heteroatoms. The average Bonchev–Trinajstić information content (AvgIpc) is 2.50. The number of nitrogens with zero attached hydrogens (tertiary/aromatic N) is 1. The second kappa shape index (κ2) is 5.27. The number of ether oxygens (including phenoxy) is 1. The minimum atomic E-state index is 0.778. The van der Waals surface area contributed by atoms with E-state index in [1.54, 1.807) is 18.4 Å². The highest BCUT2D eigenvalue weighted by Crippen LogP contribution is 2.15. The van der Waals surface area contributed by atoms with Crippen molar-refractivity contribution in [2.45, 2.75) is 26.2 Å². The lowest BCUT2D eigenvalue weighted by atomic mass is 10.2. The Morgan fingerprint density at radius 2 is 2.33 bits per heavy atom. The number of rotatable bonds is 5. The van der Waals surface area contributed by atoms with Crippen molar-refractivity contribution in [2.75, 3.05) is 13.7 Å². The van der Waals surface area contributed by atoms with Gasteiger partial charge in [-0.05, 0) is 6.42 Å². The van der Waals surface area contributed by atoms with Gasteiger partial charge in [-0.15, -0.1) is 11.3 Å². The van der Waals surface area contributed by atoms with Crippen LogP contribution in [-0.2, 0) is 17.6 Å². The van der Waals surface area contributed by atoms with Crippen LogP contribution in [0.4, 0.5) is 0 Å². The molecule has 0 saturated heterocycles. The highest BCUT2D eigenvalue weighted by molar-refractivity contribution is 7.09. The van der Waals surface area contributed by atoms with Crippen LogP contribution in [0.1, 0.15) is 23.9 Å². The molecule has 68 valence electrons. The first-order valence-electron chi connectivity index (χ1n) is 4.28. The van der Waals surface area contributed by atoms with E-state index < -0.39 is 0 Å². The first-order chi connectivity index (χ1) is 5.88. The molecule has 0 atom stereocenters. The molecular formula is C9H15NOS. The third-order valence-electron chi connectivity index (χ3n) is 1.75. The summed E-state index contributed by atoms with van der Waals surface area (Å²) in [5, 5.41) is 0. The molecule has 12 heavy (non-hydrogen) atoms. The maximum Gasteiger partial charge on any atom is 0.0797 e. The Labute approximate surface area is 77.6 Å². The van der Waals surface area contributed by atoms with Crippen LogP contribution in [0.2, 0.25) is 0 Å². The third kappa shape index (κ3) is 2.57. The smallest absolute Gasteiger partial charge is 0.0797 e. The zero-order valence-electron chi connectivity index (χ0n) is 7.67. The van der Waals surface area contributed by atoms with Crippen molar-refractivity contribution in [3.05, 3.63) is 16.1 Å². The van der Waals surface area contributed by atoms with Crippen molar-refractivity contribution in [1.29, 1.82) is 0 Å². The van der Waals surface area contributed by atoms with Crippen LogP contribution < -0.4 is 0 Å². The van der Waals surface area contributed by atoms with Crippen molar-refractivity contribution in [2.24, 2.45) is 0 Å². The average molecular weight is 185 g/mol. The van der Waals surface area contributed by atoms with Gasteiger partial charge in [-0.3, -0.25) is 0 Å². The lowest BCUT2D eigenvalue weighted by Gasteiger charge is -1.99. The van der Waals surface area contributed by atoms with Crippen LogP contribution in [0.25, 0.3) is 0 Å². The van der Waals surface area contributed by atoms with E-state index in [-0.39, 0.29) is 0 Å². The molecule has 0 aliphatic heterocycles. The Morgan fingerprint density at radius 1 is 1.50 bits per heavy atom. The van der Waals surface area contributed by atoms with Crippen LogP contribution >= 0.6 is 11.3 Å².